The summed E-state index contributed by atoms with van der Waals surface area (Å²) < 4.78 is 4.75. The van der Waals surface area contributed by atoms with Gasteiger partial charge in [-0.3, -0.25) is 19.5 Å². The fraction of sp³-hybridized carbons (Fsp3) is 0.375. The molecular weight excluding hydrogens is 424 g/mol. The Balaban J connectivity index is 1.43. The van der Waals surface area contributed by atoms with Crippen molar-refractivity contribution < 1.29 is 14.3 Å². The molecule has 0 bridgehead atoms. The number of carbonyl (C=O) groups excluding carboxylic acids is 2. The van der Waals surface area contributed by atoms with E-state index in [2.05, 4.69) is 10.1 Å². The minimum absolute atomic E-state index is 0.0186. The van der Waals surface area contributed by atoms with Crippen LogP contribution >= 0.6 is 11.8 Å². The lowest BCUT2D eigenvalue weighted by molar-refractivity contribution is -0.142. The molecule has 1 saturated heterocycles. The van der Waals surface area contributed by atoms with E-state index in [1.165, 1.54) is 7.11 Å². The Morgan fingerprint density at radius 3 is 2.56 bits per heavy atom. The fourth-order valence-corrected chi connectivity index (χ4v) is 4.85. The molecule has 1 unspecified atom stereocenters. The lowest BCUT2D eigenvalue weighted by atomic mass is 9.92. The summed E-state index contributed by atoms with van der Waals surface area (Å²) in [5.41, 5.74) is 10.6. The van der Waals surface area contributed by atoms with Crippen LogP contribution in [-0.2, 0) is 16.0 Å². The monoisotopic (exact) mass is 452 g/mol. The maximum Gasteiger partial charge on any atom is 0.319 e. The standard InChI is InChI=1S/C24H28N4O3S/c1-31-22(29)16-27-9-8-19-14-20(6-7-21(19)24(27)25)23(30)18-4-2-17(3-5-18)15-26-28-10-12-32-13-11-28/h2-7,14-15,24H,8-13,16,25H2,1H3. The largest absolute Gasteiger partial charge is 0.468 e. The predicted octanol–water partition coefficient (Wildman–Crippen LogP) is 2.29. The van der Waals surface area contributed by atoms with E-state index >= 15 is 0 Å². The number of hydrogen-bond donors (Lipinski definition) is 1. The molecule has 0 saturated carbocycles. The van der Waals surface area contributed by atoms with Crippen LogP contribution in [-0.4, -0.2) is 72.7 Å². The molecule has 2 aliphatic heterocycles. The third-order valence-corrected chi connectivity index (χ3v) is 6.82. The Morgan fingerprint density at radius 2 is 1.84 bits per heavy atom. The van der Waals surface area contributed by atoms with Gasteiger partial charge in [-0.05, 0) is 29.2 Å². The number of esters is 1. The van der Waals surface area contributed by atoms with Crippen LogP contribution in [0.1, 0.15) is 38.8 Å². The number of hydrogen-bond acceptors (Lipinski definition) is 8. The summed E-state index contributed by atoms with van der Waals surface area (Å²) >= 11 is 1.95. The third-order valence-electron chi connectivity index (χ3n) is 5.88. The second-order valence-corrected chi connectivity index (χ2v) is 9.14. The minimum atomic E-state index is -0.390. The molecule has 2 heterocycles. The summed E-state index contributed by atoms with van der Waals surface area (Å²) in [4.78, 5) is 26.5. The van der Waals surface area contributed by atoms with Gasteiger partial charge in [-0.2, -0.15) is 16.9 Å². The molecule has 168 valence electrons. The van der Waals surface area contributed by atoms with E-state index in [1.807, 2.05) is 65.3 Å². The van der Waals surface area contributed by atoms with Crippen LogP contribution in [0.25, 0.3) is 0 Å². The van der Waals surface area contributed by atoms with E-state index < -0.39 is 0 Å². The van der Waals surface area contributed by atoms with Crippen LogP contribution in [0.2, 0.25) is 0 Å². The molecular formula is C24H28N4O3S. The summed E-state index contributed by atoms with van der Waals surface area (Å²) in [7, 11) is 1.37. The summed E-state index contributed by atoms with van der Waals surface area (Å²) in [5, 5.41) is 6.62. The Labute approximate surface area is 192 Å². The Morgan fingerprint density at radius 1 is 1.12 bits per heavy atom. The molecule has 0 amide bonds. The number of hydrazone groups is 1. The van der Waals surface area contributed by atoms with Crippen LogP contribution in [0.5, 0.6) is 0 Å². The number of benzene rings is 2. The third kappa shape index (κ3) is 5.20. The van der Waals surface area contributed by atoms with Gasteiger partial charge in [0.05, 0.1) is 26.0 Å². The molecule has 0 spiro atoms. The summed E-state index contributed by atoms with van der Waals surface area (Å²) in [6.07, 6.45) is 2.19. The summed E-state index contributed by atoms with van der Waals surface area (Å²) in [6.45, 7) is 2.75. The highest BCUT2D eigenvalue weighted by atomic mass is 32.2. The van der Waals surface area contributed by atoms with E-state index in [9.17, 15) is 9.59 Å². The van der Waals surface area contributed by atoms with Crippen LogP contribution in [0, 0.1) is 0 Å². The average Bonchev–Trinajstić information content (AvgIpc) is 2.84. The Bertz CT molecular complexity index is 1000. The molecule has 1 fully saturated rings. The first kappa shape index (κ1) is 22.5. The van der Waals surface area contributed by atoms with Gasteiger partial charge < -0.3 is 10.5 Å². The second kappa shape index (κ2) is 10.3. The van der Waals surface area contributed by atoms with Crippen molar-refractivity contribution in [3.8, 4) is 0 Å². The molecule has 2 aliphatic rings. The van der Waals surface area contributed by atoms with Gasteiger partial charge in [-0.15, -0.1) is 0 Å². The van der Waals surface area contributed by atoms with E-state index in [0.29, 0.717) is 17.7 Å². The lowest BCUT2D eigenvalue weighted by Gasteiger charge is -2.34. The minimum Gasteiger partial charge on any atom is -0.468 e. The predicted molar refractivity (Wildman–Crippen MR) is 127 cm³/mol. The van der Waals surface area contributed by atoms with Crippen molar-refractivity contribution in [3.63, 3.8) is 0 Å². The van der Waals surface area contributed by atoms with Crippen molar-refractivity contribution in [1.82, 2.24) is 9.91 Å². The van der Waals surface area contributed by atoms with Crippen molar-refractivity contribution in [3.05, 3.63) is 70.3 Å². The maximum absolute atomic E-state index is 13.0. The quantitative estimate of drug-likeness (QED) is 0.409. The molecule has 0 aromatic heterocycles. The molecule has 0 aliphatic carbocycles. The van der Waals surface area contributed by atoms with Crippen LogP contribution in [0.3, 0.4) is 0 Å². The first-order valence-corrected chi connectivity index (χ1v) is 11.9. The zero-order valence-electron chi connectivity index (χ0n) is 18.2. The van der Waals surface area contributed by atoms with E-state index in [0.717, 1.165) is 47.7 Å². The smallest absolute Gasteiger partial charge is 0.319 e. The highest BCUT2D eigenvalue weighted by Gasteiger charge is 2.27. The molecule has 4 rings (SSSR count). The van der Waals surface area contributed by atoms with Gasteiger partial charge in [0, 0.05) is 42.3 Å². The van der Waals surface area contributed by atoms with Crippen LogP contribution in [0.15, 0.2) is 47.6 Å². The molecule has 2 aromatic carbocycles. The fourth-order valence-electron chi connectivity index (χ4n) is 3.96. The first-order valence-electron chi connectivity index (χ1n) is 10.8. The van der Waals surface area contributed by atoms with E-state index in [4.69, 9.17) is 10.5 Å². The number of fused-ring (bicyclic) bond motifs is 1. The van der Waals surface area contributed by atoms with Crippen molar-refractivity contribution in [2.24, 2.45) is 10.8 Å². The Kier molecular flexibility index (Phi) is 7.24. The normalized spacial score (nSPS) is 19.1. The van der Waals surface area contributed by atoms with Crippen molar-refractivity contribution >= 4 is 29.7 Å². The molecule has 2 N–H and O–H groups in total. The molecule has 32 heavy (non-hydrogen) atoms. The highest BCUT2D eigenvalue weighted by Crippen LogP contribution is 2.27. The molecule has 1 atom stereocenters. The van der Waals surface area contributed by atoms with Crippen molar-refractivity contribution in [2.75, 3.05) is 44.8 Å². The number of ketones is 1. The van der Waals surface area contributed by atoms with Gasteiger partial charge in [0.25, 0.3) is 0 Å². The number of nitrogens with zero attached hydrogens (tertiary/aromatic N) is 3. The van der Waals surface area contributed by atoms with E-state index in [-0.39, 0.29) is 24.5 Å². The highest BCUT2D eigenvalue weighted by molar-refractivity contribution is 7.99. The van der Waals surface area contributed by atoms with Crippen LogP contribution in [0.4, 0.5) is 0 Å². The number of nitrogens with two attached hydrogens (primary N) is 1. The van der Waals surface area contributed by atoms with Gasteiger partial charge in [0.15, 0.2) is 5.78 Å². The zero-order valence-corrected chi connectivity index (χ0v) is 19.0. The van der Waals surface area contributed by atoms with Gasteiger partial charge in [-0.25, -0.2) is 0 Å². The molecule has 0 radical (unpaired) electrons. The van der Waals surface area contributed by atoms with Crippen LogP contribution < -0.4 is 5.73 Å². The maximum atomic E-state index is 13.0. The molecule has 8 heteroatoms. The number of rotatable bonds is 6. The van der Waals surface area contributed by atoms with E-state index in [1.54, 1.807) is 0 Å². The van der Waals surface area contributed by atoms with Gasteiger partial charge >= 0.3 is 5.97 Å². The Hall–Kier alpha value is -2.68. The van der Waals surface area contributed by atoms with Crippen molar-refractivity contribution in [2.45, 2.75) is 12.6 Å². The van der Waals surface area contributed by atoms with Crippen molar-refractivity contribution in [1.29, 1.82) is 0 Å². The average molecular weight is 453 g/mol. The number of ether oxygens (including phenoxy) is 1. The number of methoxy groups -OCH3 is 1. The summed E-state index contributed by atoms with van der Waals surface area (Å²) in [6, 6.07) is 13.2. The topological polar surface area (TPSA) is 88.2 Å². The molecule has 7 nitrogen and oxygen atoms in total. The van der Waals surface area contributed by atoms with Gasteiger partial charge in [-0.1, -0.05) is 36.4 Å². The van der Waals surface area contributed by atoms with Gasteiger partial charge in [0.1, 0.15) is 0 Å². The second-order valence-electron chi connectivity index (χ2n) is 7.92. The van der Waals surface area contributed by atoms with Gasteiger partial charge in [0.2, 0.25) is 0 Å². The number of thioether (sulfide) groups is 1. The SMILES string of the molecule is COC(=O)CN1CCc2cc(C(=O)c3ccc(C=NN4CCSCC4)cc3)ccc2C1N. The first-order chi connectivity index (χ1) is 15.5. The zero-order chi connectivity index (χ0) is 22.5. The lowest BCUT2D eigenvalue weighted by Crippen LogP contribution is -2.43. The summed E-state index contributed by atoms with van der Waals surface area (Å²) in [5.74, 6) is 1.90. The molecule has 2 aromatic rings. The number of carbonyl (C=O) groups is 2.